The highest BCUT2D eigenvalue weighted by atomic mass is 16.6. The van der Waals surface area contributed by atoms with Gasteiger partial charge in [-0.15, -0.1) is 0 Å². The van der Waals surface area contributed by atoms with Crippen LogP contribution < -0.4 is 19.5 Å². The van der Waals surface area contributed by atoms with E-state index in [0.717, 1.165) is 5.56 Å². The van der Waals surface area contributed by atoms with Crippen molar-refractivity contribution in [2.75, 3.05) is 33.5 Å². The Hall–Kier alpha value is -3.22. The number of nitrogens with one attached hydrogen (secondary N) is 1. The zero-order valence-electron chi connectivity index (χ0n) is 15.0. The van der Waals surface area contributed by atoms with Gasteiger partial charge in [-0.3, -0.25) is 4.79 Å². The standard InChI is InChI=1S/C20H21NO6/c1-24-16-11-15(12-17-19(16)26-10-9-25-17)20(23)27-13-18(22)21-8-7-14-5-3-2-4-6-14/h2-6,11-12H,7-10,13H2,1H3,(H,21,22). The van der Waals surface area contributed by atoms with Crippen molar-refractivity contribution in [1.29, 1.82) is 0 Å². The summed E-state index contributed by atoms with van der Waals surface area (Å²) in [6, 6.07) is 12.8. The van der Waals surface area contributed by atoms with E-state index in [9.17, 15) is 9.59 Å². The highest BCUT2D eigenvalue weighted by Gasteiger charge is 2.21. The van der Waals surface area contributed by atoms with E-state index < -0.39 is 5.97 Å². The Labute approximate surface area is 157 Å². The molecular formula is C20H21NO6. The number of fused-ring (bicyclic) bond motifs is 1. The molecule has 1 aliphatic rings. The topological polar surface area (TPSA) is 83.1 Å². The predicted octanol–water partition coefficient (Wildman–Crippen LogP) is 1.98. The second-order valence-electron chi connectivity index (χ2n) is 5.86. The van der Waals surface area contributed by atoms with Gasteiger partial charge in [-0.2, -0.15) is 0 Å². The highest BCUT2D eigenvalue weighted by molar-refractivity contribution is 5.92. The van der Waals surface area contributed by atoms with Crippen LogP contribution in [0.2, 0.25) is 0 Å². The van der Waals surface area contributed by atoms with E-state index in [1.54, 1.807) is 0 Å². The largest absolute Gasteiger partial charge is 0.493 e. The van der Waals surface area contributed by atoms with Gasteiger partial charge in [-0.1, -0.05) is 30.3 Å². The van der Waals surface area contributed by atoms with Crippen LogP contribution in [0.25, 0.3) is 0 Å². The molecule has 1 aliphatic heterocycles. The number of amides is 1. The molecule has 27 heavy (non-hydrogen) atoms. The molecule has 0 saturated heterocycles. The summed E-state index contributed by atoms with van der Waals surface area (Å²) in [5.41, 5.74) is 1.35. The van der Waals surface area contributed by atoms with Crippen molar-refractivity contribution in [3.8, 4) is 17.2 Å². The van der Waals surface area contributed by atoms with Crippen LogP contribution in [0, 0.1) is 0 Å². The molecule has 0 radical (unpaired) electrons. The second-order valence-corrected chi connectivity index (χ2v) is 5.86. The molecule has 0 bridgehead atoms. The van der Waals surface area contributed by atoms with Crippen LogP contribution in [0.15, 0.2) is 42.5 Å². The molecule has 0 aromatic heterocycles. The van der Waals surface area contributed by atoms with E-state index in [-0.39, 0.29) is 18.1 Å². The first-order chi connectivity index (χ1) is 13.2. The van der Waals surface area contributed by atoms with Gasteiger partial charge in [0.1, 0.15) is 13.2 Å². The Morgan fingerprint density at radius 3 is 2.67 bits per heavy atom. The molecule has 0 aliphatic carbocycles. The van der Waals surface area contributed by atoms with Gasteiger partial charge >= 0.3 is 5.97 Å². The summed E-state index contributed by atoms with van der Waals surface area (Å²) in [7, 11) is 1.48. The average molecular weight is 371 g/mol. The van der Waals surface area contributed by atoms with Gasteiger partial charge in [0, 0.05) is 6.54 Å². The molecule has 2 aromatic carbocycles. The Balaban J connectivity index is 1.50. The van der Waals surface area contributed by atoms with Gasteiger partial charge in [0.15, 0.2) is 18.1 Å². The van der Waals surface area contributed by atoms with Gasteiger partial charge in [-0.05, 0) is 24.1 Å². The van der Waals surface area contributed by atoms with E-state index in [2.05, 4.69) is 5.32 Å². The van der Waals surface area contributed by atoms with E-state index in [0.29, 0.717) is 43.4 Å². The van der Waals surface area contributed by atoms with Gasteiger partial charge in [-0.25, -0.2) is 4.79 Å². The molecule has 1 amide bonds. The monoisotopic (exact) mass is 371 g/mol. The average Bonchev–Trinajstić information content (AvgIpc) is 2.72. The van der Waals surface area contributed by atoms with E-state index in [1.165, 1.54) is 19.2 Å². The third-order valence-corrected chi connectivity index (χ3v) is 3.98. The Kier molecular flexibility index (Phi) is 6.14. The fourth-order valence-corrected chi connectivity index (χ4v) is 2.65. The van der Waals surface area contributed by atoms with Crippen LogP contribution in [0.1, 0.15) is 15.9 Å². The molecule has 0 atom stereocenters. The minimum atomic E-state index is -0.636. The first kappa shape index (κ1) is 18.6. The normalized spacial score (nSPS) is 12.2. The van der Waals surface area contributed by atoms with Crippen molar-refractivity contribution >= 4 is 11.9 Å². The smallest absolute Gasteiger partial charge is 0.338 e. The molecule has 0 spiro atoms. The molecule has 142 valence electrons. The van der Waals surface area contributed by atoms with E-state index in [1.807, 2.05) is 30.3 Å². The van der Waals surface area contributed by atoms with Crippen LogP contribution in [0.3, 0.4) is 0 Å². The number of hydrogen-bond donors (Lipinski definition) is 1. The van der Waals surface area contributed by atoms with Crippen molar-refractivity contribution in [3.05, 3.63) is 53.6 Å². The predicted molar refractivity (Wildman–Crippen MR) is 97.4 cm³/mol. The van der Waals surface area contributed by atoms with Gasteiger partial charge in [0.2, 0.25) is 5.75 Å². The maximum atomic E-state index is 12.2. The molecule has 0 fully saturated rings. The number of benzene rings is 2. The maximum Gasteiger partial charge on any atom is 0.338 e. The minimum Gasteiger partial charge on any atom is -0.493 e. The van der Waals surface area contributed by atoms with Crippen LogP contribution in [0.4, 0.5) is 0 Å². The lowest BCUT2D eigenvalue weighted by atomic mass is 10.1. The Morgan fingerprint density at radius 2 is 1.89 bits per heavy atom. The summed E-state index contributed by atoms with van der Waals surface area (Å²) in [5, 5.41) is 2.72. The number of rotatable bonds is 7. The zero-order chi connectivity index (χ0) is 19.1. The van der Waals surface area contributed by atoms with Crippen LogP contribution >= 0.6 is 0 Å². The second kappa shape index (κ2) is 8.93. The third-order valence-electron chi connectivity index (χ3n) is 3.98. The van der Waals surface area contributed by atoms with Gasteiger partial charge < -0.3 is 24.3 Å². The number of ether oxygens (including phenoxy) is 4. The third kappa shape index (κ3) is 4.91. The quantitative estimate of drug-likeness (QED) is 0.750. The number of carbonyl (C=O) groups is 2. The molecule has 1 N–H and O–H groups in total. The molecule has 2 aromatic rings. The summed E-state index contributed by atoms with van der Waals surface area (Å²) in [6.45, 7) is 0.914. The maximum absolute atomic E-state index is 12.2. The van der Waals surface area contributed by atoms with E-state index in [4.69, 9.17) is 18.9 Å². The van der Waals surface area contributed by atoms with Crippen LogP contribution in [-0.4, -0.2) is 45.4 Å². The number of hydrogen-bond acceptors (Lipinski definition) is 6. The number of methoxy groups -OCH3 is 1. The zero-order valence-corrected chi connectivity index (χ0v) is 15.0. The molecular weight excluding hydrogens is 350 g/mol. The van der Waals surface area contributed by atoms with E-state index >= 15 is 0 Å². The highest BCUT2D eigenvalue weighted by Crippen LogP contribution is 2.40. The summed E-state index contributed by atoms with van der Waals surface area (Å²) in [4.78, 5) is 24.1. The molecule has 3 rings (SSSR count). The van der Waals surface area contributed by atoms with Crippen molar-refractivity contribution < 1.29 is 28.5 Å². The first-order valence-corrected chi connectivity index (χ1v) is 8.63. The van der Waals surface area contributed by atoms with Crippen molar-refractivity contribution in [2.24, 2.45) is 0 Å². The van der Waals surface area contributed by atoms with Gasteiger partial charge in [0.25, 0.3) is 5.91 Å². The summed E-state index contributed by atoms with van der Waals surface area (Å²) in [5.74, 6) is 0.262. The fraction of sp³-hybridized carbons (Fsp3) is 0.300. The minimum absolute atomic E-state index is 0.230. The Bertz CT molecular complexity index is 788. The molecule has 1 heterocycles. The molecule has 7 heteroatoms. The SMILES string of the molecule is COc1cc(C(=O)OCC(=O)NCCc2ccccc2)cc2c1OCCO2. The number of carbonyl (C=O) groups excluding carboxylic acids is 2. The Morgan fingerprint density at radius 1 is 1.11 bits per heavy atom. The lowest BCUT2D eigenvalue weighted by molar-refractivity contribution is -0.124. The van der Waals surface area contributed by atoms with Crippen LogP contribution in [0.5, 0.6) is 17.2 Å². The molecule has 7 nitrogen and oxygen atoms in total. The fourth-order valence-electron chi connectivity index (χ4n) is 2.65. The van der Waals surface area contributed by atoms with Crippen molar-refractivity contribution in [1.82, 2.24) is 5.32 Å². The summed E-state index contributed by atoms with van der Waals surface area (Å²) >= 11 is 0. The number of esters is 1. The lowest BCUT2D eigenvalue weighted by Crippen LogP contribution is -2.30. The first-order valence-electron chi connectivity index (χ1n) is 8.63. The molecule has 0 saturated carbocycles. The van der Waals surface area contributed by atoms with Crippen molar-refractivity contribution in [2.45, 2.75) is 6.42 Å². The molecule has 0 unspecified atom stereocenters. The van der Waals surface area contributed by atoms with Crippen molar-refractivity contribution in [3.63, 3.8) is 0 Å². The van der Waals surface area contributed by atoms with Crippen LogP contribution in [-0.2, 0) is 16.0 Å². The summed E-state index contributed by atoms with van der Waals surface area (Å²) < 4.78 is 21.3. The van der Waals surface area contributed by atoms with Gasteiger partial charge in [0.05, 0.1) is 12.7 Å². The lowest BCUT2D eigenvalue weighted by Gasteiger charge is -2.21. The summed E-state index contributed by atoms with van der Waals surface area (Å²) in [6.07, 6.45) is 0.708.